The summed E-state index contributed by atoms with van der Waals surface area (Å²) in [4.78, 5) is 0. The van der Waals surface area contributed by atoms with E-state index in [2.05, 4.69) is 0 Å². The Kier molecular flexibility index (Phi) is 4.83. The molecule has 0 spiro atoms. The minimum atomic E-state index is -1.14. The molecule has 0 radical (unpaired) electrons. The summed E-state index contributed by atoms with van der Waals surface area (Å²) in [5.41, 5.74) is 11.5. The number of nitrogen functional groups attached to an aromatic ring is 1. The first-order chi connectivity index (χ1) is 7.47. The summed E-state index contributed by atoms with van der Waals surface area (Å²) in [5, 5.41) is 20.1. The van der Waals surface area contributed by atoms with Gasteiger partial charge in [0.1, 0.15) is 6.10 Å². The smallest absolute Gasteiger partial charge is 0.107 e. The Bertz CT molecular complexity index is 374. The van der Waals surface area contributed by atoms with Crippen molar-refractivity contribution >= 4 is 28.9 Å². The summed E-state index contributed by atoms with van der Waals surface area (Å²) >= 11 is 11.6. The first kappa shape index (κ1) is 13.5. The molecule has 4 nitrogen and oxygen atoms in total. The lowest BCUT2D eigenvalue weighted by Gasteiger charge is -2.19. The first-order valence-electron chi connectivity index (χ1n) is 4.78. The summed E-state index contributed by atoms with van der Waals surface area (Å²) in [6.07, 6.45) is -1.85. The van der Waals surface area contributed by atoms with Crippen LogP contribution in [-0.2, 0) is 0 Å². The largest absolute Gasteiger partial charge is 0.397 e. The molecule has 0 aromatic heterocycles. The normalized spacial score (nSPS) is 14.8. The Hall–Kier alpha value is -0.520. The summed E-state index contributed by atoms with van der Waals surface area (Å²) < 4.78 is 0. The van der Waals surface area contributed by atoms with E-state index >= 15 is 0 Å². The number of aliphatic hydroxyl groups excluding tert-OH is 2. The maximum atomic E-state index is 9.85. The van der Waals surface area contributed by atoms with Crippen molar-refractivity contribution in [1.82, 2.24) is 0 Å². The fraction of sp³-hybridized carbons (Fsp3) is 0.400. The molecule has 0 amide bonds. The molecule has 16 heavy (non-hydrogen) atoms. The molecular formula is C10H14Cl2N2O2. The fourth-order valence-electron chi connectivity index (χ4n) is 1.39. The van der Waals surface area contributed by atoms with Crippen molar-refractivity contribution in [2.45, 2.75) is 18.6 Å². The average Bonchev–Trinajstić information content (AvgIpc) is 2.22. The van der Waals surface area contributed by atoms with E-state index in [4.69, 9.17) is 34.7 Å². The molecule has 0 aliphatic rings. The molecule has 0 bridgehead atoms. The Morgan fingerprint density at radius 3 is 2.44 bits per heavy atom. The van der Waals surface area contributed by atoms with Crippen molar-refractivity contribution in [3.8, 4) is 0 Å². The van der Waals surface area contributed by atoms with Gasteiger partial charge in [0, 0.05) is 10.6 Å². The van der Waals surface area contributed by atoms with Gasteiger partial charge in [-0.05, 0) is 25.1 Å². The second-order valence-electron chi connectivity index (χ2n) is 3.48. The van der Waals surface area contributed by atoms with E-state index in [-0.39, 0.29) is 23.7 Å². The van der Waals surface area contributed by atoms with Crippen LogP contribution in [0, 0.1) is 0 Å². The van der Waals surface area contributed by atoms with E-state index in [1.54, 1.807) is 0 Å². The third-order valence-electron chi connectivity index (χ3n) is 2.27. The van der Waals surface area contributed by atoms with E-state index in [0.29, 0.717) is 10.6 Å². The molecule has 1 aromatic carbocycles. The monoisotopic (exact) mass is 264 g/mol. The molecule has 1 rings (SSSR count). The van der Waals surface area contributed by atoms with Crippen LogP contribution in [0.15, 0.2) is 12.1 Å². The second-order valence-corrected chi connectivity index (χ2v) is 4.32. The average molecular weight is 265 g/mol. The number of hydrogen-bond acceptors (Lipinski definition) is 4. The number of anilines is 1. The molecule has 1 aromatic rings. The number of halogens is 2. The van der Waals surface area contributed by atoms with Crippen LogP contribution >= 0.6 is 23.2 Å². The Labute approximate surface area is 104 Å². The molecule has 0 aliphatic heterocycles. The molecule has 0 saturated heterocycles. The molecule has 6 N–H and O–H groups in total. The molecule has 0 heterocycles. The number of aliphatic hydroxyl groups is 2. The van der Waals surface area contributed by atoms with Gasteiger partial charge >= 0.3 is 0 Å². The molecule has 0 fully saturated rings. The Balaban J connectivity index is 3.03. The minimum absolute atomic E-state index is 0.217. The van der Waals surface area contributed by atoms with Gasteiger partial charge in [0.25, 0.3) is 0 Å². The van der Waals surface area contributed by atoms with Gasteiger partial charge in [0.2, 0.25) is 0 Å². The van der Waals surface area contributed by atoms with Gasteiger partial charge in [0.05, 0.1) is 16.8 Å². The molecule has 2 atom stereocenters. The topological polar surface area (TPSA) is 92.5 Å². The highest BCUT2D eigenvalue weighted by atomic mass is 35.5. The van der Waals surface area contributed by atoms with Crippen LogP contribution in [0.5, 0.6) is 0 Å². The quantitative estimate of drug-likeness (QED) is 0.618. The highest BCUT2D eigenvalue weighted by molar-refractivity contribution is 6.36. The molecule has 0 aliphatic carbocycles. The lowest BCUT2D eigenvalue weighted by molar-refractivity contribution is 0.0154. The minimum Gasteiger partial charge on any atom is -0.397 e. The number of hydrogen-bond donors (Lipinski definition) is 4. The maximum absolute atomic E-state index is 9.85. The van der Waals surface area contributed by atoms with Gasteiger partial charge in [-0.2, -0.15) is 0 Å². The fourth-order valence-corrected chi connectivity index (χ4v) is 1.89. The number of nitrogens with two attached hydrogens (primary N) is 2. The molecule has 2 unspecified atom stereocenters. The van der Waals surface area contributed by atoms with Gasteiger partial charge in [0.15, 0.2) is 0 Å². The van der Waals surface area contributed by atoms with Crippen LogP contribution in [0.25, 0.3) is 0 Å². The van der Waals surface area contributed by atoms with E-state index in [0.717, 1.165) is 0 Å². The van der Waals surface area contributed by atoms with E-state index in [1.165, 1.54) is 12.1 Å². The van der Waals surface area contributed by atoms with E-state index in [9.17, 15) is 10.2 Å². The van der Waals surface area contributed by atoms with Crippen LogP contribution in [0.2, 0.25) is 10.0 Å². The Morgan fingerprint density at radius 1 is 1.25 bits per heavy atom. The van der Waals surface area contributed by atoms with Crippen LogP contribution in [0.4, 0.5) is 5.69 Å². The SMILES string of the molecule is NCCC(O)C(O)c1cc(Cl)cc(Cl)c1N. The highest BCUT2D eigenvalue weighted by Gasteiger charge is 2.21. The summed E-state index contributed by atoms with van der Waals surface area (Å²) in [5.74, 6) is 0. The summed E-state index contributed by atoms with van der Waals surface area (Å²) in [7, 11) is 0. The van der Waals surface area contributed by atoms with E-state index < -0.39 is 12.2 Å². The van der Waals surface area contributed by atoms with Crippen molar-refractivity contribution in [2.24, 2.45) is 5.73 Å². The number of rotatable bonds is 4. The van der Waals surface area contributed by atoms with Crippen LogP contribution in [-0.4, -0.2) is 22.9 Å². The van der Waals surface area contributed by atoms with Gasteiger partial charge in [-0.3, -0.25) is 0 Å². The highest BCUT2D eigenvalue weighted by Crippen LogP contribution is 2.33. The van der Waals surface area contributed by atoms with Crippen molar-refractivity contribution < 1.29 is 10.2 Å². The first-order valence-corrected chi connectivity index (χ1v) is 5.53. The molecule has 6 heteroatoms. The van der Waals surface area contributed by atoms with Crippen molar-refractivity contribution in [1.29, 1.82) is 0 Å². The van der Waals surface area contributed by atoms with Gasteiger partial charge in [-0.1, -0.05) is 23.2 Å². The zero-order valence-corrected chi connectivity index (χ0v) is 10.0. The third kappa shape index (κ3) is 2.99. The van der Waals surface area contributed by atoms with Gasteiger partial charge in [-0.25, -0.2) is 0 Å². The van der Waals surface area contributed by atoms with E-state index in [1.807, 2.05) is 0 Å². The lowest BCUT2D eigenvalue weighted by atomic mass is 10.0. The molecular weight excluding hydrogens is 251 g/mol. The van der Waals surface area contributed by atoms with Crippen molar-refractivity contribution in [3.63, 3.8) is 0 Å². The summed E-state index contributed by atoms with van der Waals surface area (Å²) in [6, 6.07) is 2.96. The molecule has 90 valence electrons. The van der Waals surface area contributed by atoms with Crippen molar-refractivity contribution in [2.75, 3.05) is 12.3 Å². The lowest BCUT2D eigenvalue weighted by Crippen LogP contribution is -2.22. The zero-order valence-electron chi connectivity index (χ0n) is 8.53. The van der Waals surface area contributed by atoms with Crippen molar-refractivity contribution in [3.05, 3.63) is 27.7 Å². The Morgan fingerprint density at radius 2 is 1.88 bits per heavy atom. The van der Waals surface area contributed by atoms with Crippen LogP contribution in [0.3, 0.4) is 0 Å². The van der Waals surface area contributed by atoms with Crippen LogP contribution < -0.4 is 11.5 Å². The molecule has 0 saturated carbocycles. The second kappa shape index (κ2) is 5.70. The zero-order chi connectivity index (χ0) is 12.3. The third-order valence-corrected chi connectivity index (χ3v) is 2.80. The summed E-state index contributed by atoms with van der Waals surface area (Å²) in [6.45, 7) is 0.270. The van der Waals surface area contributed by atoms with Gasteiger partial charge in [-0.15, -0.1) is 0 Å². The maximum Gasteiger partial charge on any atom is 0.107 e. The predicted molar refractivity (Wildman–Crippen MR) is 65.5 cm³/mol. The van der Waals surface area contributed by atoms with Crippen LogP contribution in [0.1, 0.15) is 18.1 Å². The predicted octanol–water partition coefficient (Wildman–Crippen LogP) is 1.32. The number of benzene rings is 1. The standard InChI is InChI=1S/C10H14Cl2N2O2/c11-5-3-6(9(14)7(12)4-5)10(16)8(15)1-2-13/h3-4,8,10,15-16H,1-2,13-14H2. The van der Waals surface area contributed by atoms with Gasteiger partial charge < -0.3 is 21.7 Å².